The first kappa shape index (κ1) is 16.4. The van der Waals surface area contributed by atoms with Crippen LogP contribution in [0.1, 0.15) is 5.69 Å². The molecule has 1 aromatic carbocycles. The van der Waals surface area contributed by atoms with E-state index in [1.54, 1.807) is 24.4 Å². The first-order valence-electron chi connectivity index (χ1n) is 7.41. The summed E-state index contributed by atoms with van der Waals surface area (Å²) in [5.41, 5.74) is 0.435. The van der Waals surface area contributed by atoms with Gasteiger partial charge in [0, 0.05) is 12.4 Å². The van der Waals surface area contributed by atoms with Crippen LogP contribution in [0.2, 0.25) is 0 Å². The van der Waals surface area contributed by atoms with Gasteiger partial charge in [0.1, 0.15) is 5.82 Å². The minimum Gasteiger partial charge on any atom is -0.290 e. The first-order valence-corrected chi connectivity index (χ1v) is 7.41. The van der Waals surface area contributed by atoms with E-state index in [1.165, 1.54) is 18.2 Å². The number of urea groups is 1. The quantitative estimate of drug-likeness (QED) is 0.677. The highest BCUT2D eigenvalue weighted by molar-refractivity contribution is 6.32. The molecule has 0 radical (unpaired) electrons. The lowest BCUT2D eigenvalue weighted by atomic mass is 10.1. The van der Waals surface area contributed by atoms with Crippen molar-refractivity contribution in [1.82, 2.24) is 10.3 Å². The van der Waals surface area contributed by atoms with E-state index in [1.807, 2.05) is 5.32 Å². The number of para-hydroxylation sites is 1. The van der Waals surface area contributed by atoms with Crippen LogP contribution in [0.4, 0.5) is 14.9 Å². The fourth-order valence-electron chi connectivity index (χ4n) is 2.33. The smallest absolute Gasteiger partial charge is 0.290 e. The molecule has 1 aromatic heterocycles. The third kappa shape index (κ3) is 3.42. The van der Waals surface area contributed by atoms with Crippen molar-refractivity contribution in [3.8, 4) is 0 Å². The standard InChI is InChI=1S/C17H13FN4O3/c18-13-6-1-2-7-14(13)22-16(24)12(15(23)21-17(22)25)10-19-9-11-5-3-4-8-20-11/h1-8,10,12H,9H2,(H,21,23,25)/t12-/m1/s1. The van der Waals surface area contributed by atoms with Gasteiger partial charge in [-0.2, -0.15) is 0 Å². The van der Waals surface area contributed by atoms with E-state index in [-0.39, 0.29) is 12.2 Å². The van der Waals surface area contributed by atoms with E-state index >= 15 is 0 Å². The zero-order valence-corrected chi connectivity index (χ0v) is 12.9. The fraction of sp³-hybridized carbons (Fsp3) is 0.118. The van der Waals surface area contributed by atoms with Crippen molar-refractivity contribution < 1.29 is 18.8 Å². The van der Waals surface area contributed by atoms with Gasteiger partial charge < -0.3 is 0 Å². The Morgan fingerprint density at radius 3 is 2.64 bits per heavy atom. The van der Waals surface area contributed by atoms with Gasteiger partial charge in [-0.05, 0) is 24.3 Å². The van der Waals surface area contributed by atoms with Gasteiger partial charge in [0.15, 0.2) is 5.92 Å². The second-order valence-corrected chi connectivity index (χ2v) is 5.21. The number of pyridine rings is 1. The number of benzene rings is 1. The number of nitrogens with one attached hydrogen (secondary N) is 1. The number of nitrogens with zero attached hydrogens (tertiary/aromatic N) is 3. The second-order valence-electron chi connectivity index (χ2n) is 5.21. The van der Waals surface area contributed by atoms with Crippen LogP contribution in [0.3, 0.4) is 0 Å². The van der Waals surface area contributed by atoms with Gasteiger partial charge >= 0.3 is 6.03 Å². The Hall–Kier alpha value is -3.42. The molecule has 2 aromatic rings. The summed E-state index contributed by atoms with van der Waals surface area (Å²) in [4.78, 5) is 45.1. The Bertz CT molecular complexity index is 854. The number of barbiturate groups is 1. The number of carbonyl (C=O) groups is 3. The van der Waals surface area contributed by atoms with Crippen molar-refractivity contribution in [1.29, 1.82) is 0 Å². The minimum atomic E-state index is -1.32. The Balaban J connectivity index is 1.82. The van der Waals surface area contributed by atoms with Crippen molar-refractivity contribution >= 4 is 29.7 Å². The average molecular weight is 340 g/mol. The molecule has 7 nitrogen and oxygen atoms in total. The first-order chi connectivity index (χ1) is 12.1. The molecule has 1 atom stereocenters. The van der Waals surface area contributed by atoms with Crippen LogP contribution in [0.25, 0.3) is 0 Å². The highest BCUT2D eigenvalue weighted by Crippen LogP contribution is 2.23. The highest BCUT2D eigenvalue weighted by atomic mass is 19.1. The maximum absolute atomic E-state index is 13.9. The monoisotopic (exact) mass is 340 g/mol. The summed E-state index contributed by atoms with van der Waals surface area (Å²) >= 11 is 0. The topological polar surface area (TPSA) is 91.7 Å². The van der Waals surface area contributed by atoms with Gasteiger partial charge in [0.05, 0.1) is 17.9 Å². The minimum absolute atomic E-state index is 0.172. The molecular weight excluding hydrogens is 327 g/mol. The Labute approximate surface area is 142 Å². The Kier molecular flexibility index (Phi) is 4.60. The molecule has 0 spiro atoms. The molecule has 2 heterocycles. The Morgan fingerprint density at radius 1 is 1.16 bits per heavy atom. The molecule has 8 heteroatoms. The molecule has 1 N–H and O–H groups in total. The summed E-state index contributed by atoms with van der Waals surface area (Å²) in [6.07, 6.45) is 2.74. The van der Waals surface area contributed by atoms with Crippen LogP contribution in [-0.4, -0.2) is 29.0 Å². The number of hydrogen-bond acceptors (Lipinski definition) is 5. The maximum Gasteiger partial charge on any atom is 0.335 e. The van der Waals surface area contributed by atoms with Crippen LogP contribution in [0.15, 0.2) is 53.7 Å². The SMILES string of the molecule is O=C1NC(=O)N(c2ccccc2F)C(=O)[C@@H]1C=NCc1ccccn1. The summed E-state index contributed by atoms with van der Waals surface area (Å²) in [7, 11) is 0. The van der Waals surface area contributed by atoms with Crippen molar-refractivity contribution in [3.63, 3.8) is 0 Å². The number of amides is 4. The van der Waals surface area contributed by atoms with E-state index in [0.29, 0.717) is 10.6 Å². The van der Waals surface area contributed by atoms with Crippen LogP contribution >= 0.6 is 0 Å². The van der Waals surface area contributed by atoms with Crippen LogP contribution in [0.5, 0.6) is 0 Å². The summed E-state index contributed by atoms with van der Waals surface area (Å²) in [5, 5.41) is 2.04. The zero-order chi connectivity index (χ0) is 17.8. The van der Waals surface area contributed by atoms with Crippen LogP contribution < -0.4 is 10.2 Å². The lowest BCUT2D eigenvalue weighted by molar-refractivity contribution is -0.131. The number of carbonyl (C=O) groups excluding carboxylic acids is 3. The second kappa shape index (κ2) is 7.00. The zero-order valence-electron chi connectivity index (χ0n) is 12.9. The third-order valence-electron chi connectivity index (χ3n) is 3.53. The molecule has 1 aliphatic heterocycles. The van der Waals surface area contributed by atoms with Gasteiger partial charge in [0.25, 0.3) is 5.91 Å². The molecule has 4 amide bonds. The van der Waals surface area contributed by atoms with E-state index < -0.39 is 29.6 Å². The number of aliphatic imine (C=N–C) groups is 1. The van der Waals surface area contributed by atoms with Crippen LogP contribution in [-0.2, 0) is 16.1 Å². The Morgan fingerprint density at radius 2 is 1.92 bits per heavy atom. The van der Waals surface area contributed by atoms with E-state index in [0.717, 1.165) is 12.3 Å². The van der Waals surface area contributed by atoms with Gasteiger partial charge in [0.2, 0.25) is 5.91 Å². The fourth-order valence-corrected chi connectivity index (χ4v) is 2.33. The van der Waals surface area contributed by atoms with Crippen molar-refractivity contribution in [2.45, 2.75) is 6.54 Å². The predicted octanol–water partition coefficient (Wildman–Crippen LogP) is 1.69. The predicted molar refractivity (Wildman–Crippen MR) is 87.3 cm³/mol. The van der Waals surface area contributed by atoms with Crippen LogP contribution in [0, 0.1) is 11.7 Å². The van der Waals surface area contributed by atoms with E-state index in [9.17, 15) is 18.8 Å². The molecule has 1 aliphatic rings. The molecular formula is C17H13FN4O3. The molecule has 126 valence electrons. The number of imide groups is 2. The summed E-state index contributed by atoms with van der Waals surface area (Å²) < 4.78 is 13.9. The molecule has 1 saturated heterocycles. The van der Waals surface area contributed by atoms with Gasteiger partial charge in [-0.3, -0.25) is 24.9 Å². The molecule has 1 fully saturated rings. The molecule has 3 rings (SSSR count). The van der Waals surface area contributed by atoms with Crippen molar-refractivity contribution in [2.75, 3.05) is 4.90 Å². The van der Waals surface area contributed by atoms with Crippen molar-refractivity contribution in [3.05, 3.63) is 60.2 Å². The molecule has 0 aliphatic carbocycles. The molecule has 25 heavy (non-hydrogen) atoms. The van der Waals surface area contributed by atoms with E-state index in [2.05, 4.69) is 9.98 Å². The highest BCUT2D eigenvalue weighted by Gasteiger charge is 2.41. The van der Waals surface area contributed by atoms with Crippen molar-refractivity contribution in [2.24, 2.45) is 10.9 Å². The summed E-state index contributed by atoms with van der Waals surface area (Å²) in [6.45, 7) is 0.172. The van der Waals surface area contributed by atoms with Gasteiger partial charge in [-0.15, -0.1) is 0 Å². The molecule has 0 unspecified atom stereocenters. The number of aromatic nitrogens is 1. The van der Waals surface area contributed by atoms with E-state index in [4.69, 9.17) is 0 Å². The lowest BCUT2D eigenvalue weighted by Crippen LogP contribution is -2.58. The molecule has 0 saturated carbocycles. The summed E-state index contributed by atoms with van der Waals surface area (Å²) in [6, 6.07) is 9.62. The van der Waals surface area contributed by atoms with Gasteiger partial charge in [-0.25, -0.2) is 14.1 Å². The molecule has 0 bridgehead atoms. The number of halogens is 1. The number of anilines is 1. The largest absolute Gasteiger partial charge is 0.335 e. The average Bonchev–Trinajstić information content (AvgIpc) is 2.60. The summed E-state index contributed by atoms with van der Waals surface area (Å²) in [5.74, 6) is -3.72. The number of rotatable bonds is 4. The number of hydrogen-bond donors (Lipinski definition) is 1. The normalized spacial score (nSPS) is 17.9. The third-order valence-corrected chi connectivity index (χ3v) is 3.53. The lowest BCUT2D eigenvalue weighted by Gasteiger charge is -2.28. The maximum atomic E-state index is 13.9. The van der Waals surface area contributed by atoms with Gasteiger partial charge in [-0.1, -0.05) is 18.2 Å².